The van der Waals surface area contributed by atoms with Gasteiger partial charge in [0.25, 0.3) is 0 Å². The van der Waals surface area contributed by atoms with Gasteiger partial charge in [-0.05, 0) is 31.0 Å². The van der Waals surface area contributed by atoms with Gasteiger partial charge in [-0.1, -0.05) is 11.6 Å². The largest absolute Gasteiger partial charge is 0.508 e. The van der Waals surface area contributed by atoms with E-state index in [0.29, 0.717) is 17.7 Å². The fourth-order valence-corrected chi connectivity index (χ4v) is 2.06. The highest BCUT2D eigenvalue weighted by Crippen LogP contribution is 2.21. The number of phenols is 1. The summed E-state index contributed by atoms with van der Waals surface area (Å²) >= 11 is 5.86. The van der Waals surface area contributed by atoms with E-state index < -0.39 is 0 Å². The third kappa shape index (κ3) is 3.11. The fraction of sp³-hybridized carbons (Fsp3) is 0.500. The molecule has 88 valence electrons. The maximum Gasteiger partial charge on any atom is 0.120 e. The van der Waals surface area contributed by atoms with Crippen molar-refractivity contribution in [3.63, 3.8) is 0 Å². The number of phenolic OH excluding ortho intramolecular Hbond substituents is 1. The van der Waals surface area contributed by atoms with Crippen molar-refractivity contribution < 1.29 is 9.84 Å². The zero-order valence-corrected chi connectivity index (χ0v) is 9.83. The molecule has 0 amide bonds. The second kappa shape index (κ2) is 5.53. The standard InChI is InChI=1S/C12H16ClNO2/c13-10-3-4-12(15)9(6-10)7-14-8-11-2-1-5-16-11/h3-4,6,11,14-15H,1-2,5,7-8H2/t11-/m0/s1. The van der Waals surface area contributed by atoms with Crippen LogP contribution in [0, 0.1) is 0 Å². The van der Waals surface area contributed by atoms with E-state index in [9.17, 15) is 5.11 Å². The van der Waals surface area contributed by atoms with Gasteiger partial charge in [-0.2, -0.15) is 0 Å². The Bertz CT molecular complexity index is 351. The Morgan fingerprint density at radius 1 is 1.50 bits per heavy atom. The predicted molar refractivity (Wildman–Crippen MR) is 63.8 cm³/mol. The number of hydrogen-bond donors (Lipinski definition) is 2. The number of nitrogens with one attached hydrogen (secondary N) is 1. The Morgan fingerprint density at radius 3 is 3.12 bits per heavy atom. The molecule has 0 aromatic heterocycles. The zero-order chi connectivity index (χ0) is 11.4. The molecular weight excluding hydrogens is 226 g/mol. The quantitative estimate of drug-likeness (QED) is 0.850. The molecule has 2 N–H and O–H groups in total. The first-order valence-corrected chi connectivity index (χ1v) is 5.93. The molecule has 1 heterocycles. The minimum absolute atomic E-state index is 0.282. The highest BCUT2D eigenvalue weighted by Gasteiger charge is 2.14. The van der Waals surface area contributed by atoms with Crippen LogP contribution in [0.15, 0.2) is 18.2 Å². The summed E-state index contributed by atoms with van der Waals surface area (Å²) in [7, 11) is 0. The predicted octanol–water partition coefficient (Wildman–Crippen LogP) is 2.31. The molecular formula is C12H16ClNO2. The summed E-state index contributed by atoms with van der Waals surface area (Å²) in [5.74, 6) is 0.282. The van der Waals surface area contributed by atoms with Crippen LogP contribution in [0.3, 0.4) is 0 Å². The summed E-state index contributed by atoms with van der Waals surface area (Å²) < 4.78 is 5.49. The first-order chi connectivity index (χ1) is 7.75. The lowest BCUT2D eigenvalue weighted by Crippen LogP contribution is -2.25. The highest BCUT2D eigenvalue weighted by atomic mass is 35.5. The number of aromatic hydroxyl groups is 1. The molecule has 1 aliphatic rings. The van der Waals surface area contributed by atoms with Gasteiger partial charge in [-0.15, -0.1) is 0 Å². The maximum absolute atomic E-state index is 9.60. The Balaban J connectivity index is 1.82. The van der Waals surface area contributed by atoms with Crippen LogP contribution >= 0.6 is 11.6 Å². The fourth-order valence-electron chi connectivity index (χ4n) is 1.87. The van der Waals surface area contributed by atoms with Crippen LogP contribution < -0.4 is 5.32 Å². The number of rotatable bonds is 4. The average molecular weight is 242 g/mol. The van der Waals surface area contributed by atoms with Crippen LogP contribution in [-0.4, -0.2) is 24.4 Å². The van der Waals surface area contributed by atoms with Gasteiger partial charge < -0.3 is 15.2 Å². The van der Waals surface area contributed by atoms with Gasteiger partial charge in [-0.25, -0.2) is 0 Å². The molecule has 16 heavy (non-hydrogen) atoms. The van der Waals surface area contributed by atoms with Crippen LogP contribution in [0.2, 0.25) is 5.02 Å². The second-order valence-corrected chi connectivity index (χ2v) is 4.48. The van der Waals surface area contributed by atoms with Crippen molar-refractivity contribution in [2.45, 2.75) is 25.5 Å². The lowest BCUT2D eigenvalue weighted by Gasteiger charge is -2.11. The first kappa shape index (κ1) is 11.7. The minimum Gasteiger partial charge on any atom is -0.508 e. The van der Waals surface area contributed by atoms with Crippen LogP contribution in [0.1, 0.15) is 18.4 Å². The minimum atomic E-state index is 0.282. The van der Waals surface area contributed by atoms with Crippen molar-refractivity contribution >= 4 is 11.6 Å². The normalized spacial score (nSPS) is 20.2. The van der Waals surface area contributed by atoms with Crippen molar-refractivity contribution in [1.82, 2.24) is 5.32 Å². The number of hydrogen-bond acceptors (Lipinski definition) is 3. The van der Waals surface area contributed by atoms with E-state index >= 15 is 0 Å². The van der Waals surface area contributed by atoms with Crippen LogP contribution in [0.5, 0.6) is 5.75 Å². The summed E-state index contributed by atoms with van der Waals surface area (Å²) in [4.78, 5) is 0. The highest BCUT2D eigenvalue weighted by molar-refractivity contribution is 6.30. The molecule has 0 aliphatic carbocycles. The molecule has 1 saturated heterocycles. The number of halogens is 1. The van der Waals surface area contributed by atoms with Gasteiger partial charge in [0.1, 0.15) is 5.75 Å². The van der Waals surface area contributed by atoms with E-state index in [-0.39, 0.29) is 5.75 Å². The van der Waals surface area contributed by atoms with E-state index in [2.05, 4.69) is 5.32 Å². The molecule has 1 aromatic rings. The maximum atomic E-state index is 9.60. The Morgan fingerprint density at radius 2 is 2.38 bits per heavy atom. The van der Waals surface area contributed by atoms with Crippen molar-refractivity contribution in [1.29, 1.82) is 0 Å². The lowest BCUT2D eigenvalue weighted by molar-refractivity contribution is 0.110. The molecule has 0 unspecified atom stereocenters. The smallest absolute Gasteiger partial charge is 0.120 e. The van der Waals surface area contributed by atoms with E-state index in [1.54, 1.807) is 18.2 Å². The Labute approximate surface area is 100 Å². The van der Waals surface area contributed by atoms with Gasteiger partial charge in [0.05, 0.1) is 6.10 Å². The van der Waals surface area contributed by atoms with E-state index in [1.807, 2.05) is 0 Å². The summed E-state index contributed by atoms with van der Waals surface area (Å²) in [5, 5.41) is 13.5. The van der Waals surface area contributed by atoms with Crippen LogP contribution in [-0.2, 0) is 11.3 Å². The molecule has 0 spiro atoms. The lowest BCUT2D eigenvalue weighted by atomic mass is 10.2. The summed E-state index contributed by atoms with van der Waals surface area (Å²) in [5.41, 5.74) is 0.825. The van der Waals surface area contributed by atoms with Gasteiger partial charge in [-0.3, -0.25) is 0 Å². The van der Waals surface area contributed by atoms with Crippen molar-refractivity contribution in [3.8, 4) is 5.75 Å². The molecule has 1 aliphatic heterocycles. The third-order valence-corrected chi connectivity index (χ3v) is 2.99. The number of benzene rings is 1. The van der Waals surface area contributed by atoms with Crippen LogP contribution in [0.25, 0.3) is 0 Å². The third-order valence-electron chi connectivity index (χ3n) is 2.75. The SMILES string of the molecule is Oc1ccc(Cl)cc1CNC[C@@H]1CCCO1. The monoisotopic (exact) mass is 241 g/mol. The van der Waals surface area contributed by atoms with Gasteiger partial charge in [0.15, 0.2) is 0 Å². The second-order valence-electron chi connectivity index (χ2n) is 4.04. The van der Waals surface area contributed by atoms with Gasteiger partial charge in [0, 0.05) is 30.3 Å². The Kier molecular flexibility index (Phi) is 4.04. The van der Waals surface area contributed by atoms with Crippen molar-refractivity contribution in [2.24, 2.45) is 0 Å². The van der Waals surface area contributed by atoms with Gasteiger partial charge >= 0.3 is 0 Å². The van der Waals surface area contributed by atoms with Crippen LogP contribution in [0.4, 0.5) is 0 Å². The van der Waals surface area contributed by atoms with E-state index in [1.165, 1.54) is 0 Å². The number of ether oxygens (including phenoxy) is 1. The first-order valence-electron chi connectivity index (χ1n) is 5.55. The van der Waals surface area contributed by atoms with Crippen molar-refractivity contribution in [3.05, 3.63) is 28.8 Å². The summed E-state index contributed by atoms with van der Waals surface area (Å²) in [6, 6.07) is 5.07. The van der Waals surface area contributed by atoms with E-state index in [4.69, 9.17) is 16.3 Å². The molecule has 1 atom stereocenters. The molecule has 0 radical (unpaired) electrons. The molecule has 3 nitrogen and oxygen atoms in total. The van der Waals surface area contributed by atoms with Crippen molar-refractivity contribution in [2.75, 3.05) is 13.2 Å². The average Bonchev–Trinajstić information content (AvgIpc) is 2.76. The van der Waals surface area contributed by atoms with Gasteiger partial charge in [0.2, 0.25) is 0 Å². The van der Waals surface area contributed by atoms with E-state index in [0.717, 1.165) is 31.6 Å². The Hall–Kier alpha value is -0.770. The summed E-state index contributed by atoms with van der Waals surface area (Å²) in [6.07, 6.45) is 2.59. The summed E-state index contributed by atoms with van der Waals surface area (Å²) in [6.45, 7) is 2.31. The molecule has 0 bridgehead atoms. The zero-order valence-electron chi connectivity index (χ0n) is 9.08. The molecule has 1 fully saturated rings. The molecule has 4 heteroatoms. The molecule has 2 rings (SSSR count). The molecule has 1 aromatic carbocycles. The topological polar surface area (TPSA) is 41.5 Å². The molecule has 0 saturated carbocycles.